The average molecular weight is 372 g/mol. The van der Waals surface area contributed by atoms with Crippen LogP contribution >= 0.6 is 0 Å². The van der Waals surface area contributed by atoms with Gasteiger partial charge in [-0.15, -0.1) is 0 Å². The Morgan fingerprint density at radius 3 is 0.654 bits per heavy atom. The lowest BCUT2D eigenvalue weighted by atomic mass is 10.9. The fourth-order valence-electron chi connectivity index (χ4n) is 0.854. The molecule has 0 fully saturated rings. The number of carbonyl (C=O) groups is 3. The molecule has 0 radical (unpaired) electrons. The maximum Gasteiger partial charge on any atom is 0.309 e. The molecule has 0 aliphatic heterocycles. The predicted molar refractivity (Wildman–Crippen MR) is 94.1 cm³/mol. The van der Waals surface area contributed by atoms with E-state index in [0.717, 1.165) is 0 Å². The van der Waals surface area contributed by atoms with E-state index in [1.54, 1.807) is 0 Å². The van der Waals surface area contributed by atoms with Crippen molar-refractivity contribution >= 4 is 55.3 Å². The quantitative estimate of drug-likeness (QED) is 0.217. The second-order valence-corrected chi connectivity index (χ2v) is 3.22. The highest BCUT2D eigenvalue weighted by Gasteiger charge is 1.94. The van der Waals surface area contributed by atoms with Crippen LogP contribution in [0.1, 0.15) is 0 Å². The second kappa shape index (κ2) is 15.3. The Morgan fingerprint density at radius 2 is 0.577 bits per heavy atom. The summed E-state index contributed by atoms with van der Waals surface area (Å²) in [4.78, 5) is 45.9. The molecule has 0 saturated carbocycles. The Labute approximate surface area is 146 Å². The third-order valence-corrected chi connectivity index (χ3v) is 1.37. The molecule has 2 aromatic heterocycles. The number of carbonyl (C=O) groups excluding carboxylic acids is 3. The van der Waals surface area contributed by atoms with E-state index in [-0.39, 0.29) is 35.7 Å². The van der Waals surface area contributed by atoms with E-state index < -0.39 is 6.03 Å². The van der Waals surface area contributed by atoms with Gasteiger partial charge in [0, 0.05) is 0 Å². The number of nitrogens with zero attached hydrogens (tertiary/aromatic N) is 6. The van der Waals surface area contributed by atoms with Crippen molar-refractivity contribution < 1.29 is 14.4 Å². The summed E-state index contributed by atoms with van der Waals surface area (Å²) in [7, 11) is 0. The molecule has 0 aromatic carbocycles. The highest BCUT2D eigenvalue weighted by atomic mass is 16.2. The van der Waals surface area contributed by atoms with Gasteiger partial charge in [0.2, 0.25) is 35.7 Å². The maximum atomic E-state index is 9.00. The van der Waals surface area contributed by atoms with Gasteiger partial charge in [0.1, 0.15) is 13.6 Å². The molecule has 0 atom stereocenters. The summed E-state index contributed by atoms with van der Waals surface area (Å²) in [6.45, 7) is 4.00. The van der Waals surface area contributed by atoms with Gasteiger partial charge in [-0.3, -0.25) is 0 Å². The van der Waals surface area contributed by atoms with E-state index in [0.29, 0.717) is 0 Å². The van der Waals surface area contributed by atoms with Crippen molar-refractivity contribution in [3.05, 3.63) is 0 Å². The van der Waals surface area contributed by atoms with Crippen LogP contribution in [0, 0.1) is 0 Å². The minimum atomic E-state index is -0.833. The number of hydrogen-bond donors (Lipinski definition) is 8. The van der Waals surface area contributed by atoms with Gasteiger partial charge >= 0.3 is 6.03 Å². The Balaban J connectivity index is -0.000000294. The molecular formula is C9H20N14O3. The van der Waals surface area contributed by atoms with Crippen molar-refractivity contribution in [3.8, 4) is 0 Å². The molecule has 16 N–H and O–H groups in total. The van der Waals surface area contributed by atoms with E-state index in [4.69, 9.17) is 48.8 Å². The molecule has 2 rings (SSSR count). The smallest absolute Gasteiger partial charge is 0.309 e. The fraction of sp³-hybridized carbons (Fsp3) is 0. The Hall–Kier alpha value is -4.57. The van der Waals surface area contributed by atoms with Crippen molar-refractivity contribution in [2.45, 2.75) is 0 Å². The minimum absolute atomic E-state index is 0.0417. The van der Waals surface area contributed by atoms with Gasteiger partial charge in [0.05, 0.1) is 0 Å². The molecule has 2 aromatic rings. The zero-order chi connectivity index (χ0) is 21.3. The zero-order valence-corrected chi connectivity index (χ0v) is 13.4. The Bertz CT molecular complexity index is 512. The van der Waals surface area contributed by atoms with Crippen molar-refractivity contribution in [2.75, 3.05) is 34.4 Å². The molecule has 17 nitrogen and oxygen atoms in total. The molecule has 2 heterocycles. The van der Waals surface area contributed by atoms with Gasteiger partial charge < -0.3 is 55.5 Å². The monoisotopic (exact) mass is 372 g/mol. The van der Waals surface area contributed by atoms with Crippen LogP contribution in [-0.4, -0.2) is 49.5 Å². The van der Waals surface area contributed by atoms with Crippen LogP contribution in [0.2, 0.25) is 0 Å². The van der Waals surface area contributed by atoms with Gasteiger partial charge in [-0.2, -0.15) is 29.9 Å². The molecule has 0 saturated heterocycles. The lowest BCUT2D eigenvalue weighted by Crippen LogP contribution is -2.18. The minimum Gasteiger partial charge on any atom is -0.368 e. The highest BCUT2D eigenvalue weighted by Crippen LogP contribution is 1.98. The summed E-state index contributed by atoms with van der Waals surface area (Å²) in [5.41, 5.74) is 39.3. The molecule has 0 spiro atoms. The molecule has 26 heavy (non-hydrogen) atoms. The zero-order valence-electron chi connectivity index (χ0n) is 13.4. The van der Waals surface area contributed by atoms with Crippen molar-refractivity contribution in [1.82, 2.24) is 29.9 Å². The summed E-state index contributed by atoms with van der Waals surface area (Å²) in [5.74, 6) is 0.250. The van der Waals surface area contributed by atoms with Gasteiger partial charge in [-0.05, 0) is 0 Å². The number of anilines is 6. The Morgan fingerprint density at radius 1 is 0.500 bits per heavy atom. The summed E-state index contributed by atoms with van der Waals surface area (Å²) < 4.78 is 0. The molecule has 0 unspecified atom stereocenters. The fourth-order valence-corrected chi connectivity index (χ4v) is 0.854. The van der Waals surface area contributed by atoms with Gasteiger partial charge in [-0.25, -0.2) is 4.79 Å². The van der Waals surface area contributed by atoms with Gasteiger partial charge in [0.25, 0.3) is 0 Å². The van der Waals surface area contributed by atoms with Gasteiger partial charge in [0.15, 0.2) is 0 Å². The summed E-state index contributed by atoms with van der Waals surface area (Å²) >= 11 is 0. The van der Waals surface area contributed by atoms with Gasteiger partial charge in [-0.1, -0.05) is 0 Å². The number of nitrogen functional groups attached to an aromatic ring is 6. The first-order valence-corrected chi connectivity index (χ1v) is 5.77. The number of nitrogens with two attached hydrogens (primary N) is 8. The van der Waals surface area contributed by atoms with E-state index in [1.165, 1.54) is 0 Å². The SMILES string of the molecule is C=O.C=O.NC(N)=O.Nc1nc(N)nc(N)n1.Nc1nc(N)nc(N)n1. The summed E-state index contributed by atoms with van der Waals surface area (Å²) in [6.07, 6.45) is 0. The number of hydrogen-bond acceptors (Lipinski definition) is 15. The molecule has 0 aliphatic rings. The second-order valence-electron chi connectivity index (χ2n) is 3.22. The molecule has 17 heteroatoms. The molecule has 0 aliphatic carbocycles. The highest BCUT2D eigenvalue weighted by molar-refractivity contribution is 5.69. The van der Waals surface area contributed by atoms with Crippen molar-refractivity contribution in [2.24, 2.45) is 11.5 Å². The van der Waals surface area contributed by atoms with Crippen LogP contribution in [-0.2, 0) is 9.59 Å². The molecule has 2 amide bonds. The lowest BCUT2D eigenvalue weighted by molar-refractivity contribution is -0.0987. The van der Waals surface area contributed by atoms with Crippen LogP contribution in [0.25, 0.3) is 0 Å². The maximum absolute atomic E-state index is 9.00. The van der Waals surface area contributed by atoms with Crippen LogP contribution in [0.15, 0.2) is 0 Å². The summed E-state index contributed by atoms with van der Waals surface area (Å²) in [6, 6.07) is -0.833. The largest absolute Gasteiger partial charge is 0.368 e. The van der Waals surface area contributed by atoms with Crippen LogP contribution < -0.4 is 45.9 Å². The normalized spacial score (nSPS) is 7.69. The first-order valence-electron chi connectivity index (χ1n) is 5.77. The van der Waals surface area contributed by atoms with Crippen molar-refractivity contribution in [1.29, 1.82) is 0 Å². The Kier molecular flexibility index (Phi) is 15.5. The van der Waals surface area contributed by atoms with Crippen LogP contribution in [0.4, 0.5) is 40.5 Å². The molecule has 0 bridgehead atoms. The van der Waals surface area contributed by atoms with E-state index in [2.05, 4.69) is 41.4 Å². The number of primary amides is 2. The third kappa shape index (κ3) is 17.5. The molecule has 144 valence electrons. The topological polar surface area (TPSA) is 337 Å². The summed E-state index contributed by atoms with van der Waals surface area (Å²) in [5, 5.41) is 0. The van der Waals surface area contributed by atoms with Crippen LogP contribution in [0.3, 0.4) is 0 Å². The third-order valence-electron chi connectivity index (χ3n) is 1.37. The van der Waals surface area contributed by atoms with E-state index >= 15 is 0 Å². The van der Waals surface area contributed by atoms with E-state index in [1.807, 2.05) is 13.6 Å². The van der Waals surface area contributed by atoms with Crippen LogP contribution in [0.5, 0.6) is 0 Å². The van der Waals surface area contributed by atoms with Crippen molar-refractivity contribution in [3.63, 3.8) is 0 Å². The number of rotatable bonds is 0. The number of amides is 2. The first-order chi connectivity index (χ1) is 12.1. The van der Waals surface area contributed by atoms with E-state index in [9.17, 15) is 0 Å². The molecular weight excluding hydrogens is 352 g/mol. The first kappa shape index (κ1) is 26.3. The predicted octanol–water partition coefficient (Wildman–Crippen LogP) is -4.11. The number of aromatic nitrogens is 6. The lowest BCUT2D eigenvalue weighted by Gasteiger charge is -1.93. The number of urea groups is 1. The standard InChI is InChI=1S/2C3H6N6.CH4N2O.2CH2O/c2*4-1-7-2(5)9-3(6)8-1;2-1(3)4;2*1-2/h2*(H6,4,5,6,7,8,9);(H4,2,3,4);2*1H2. The average Bonchev–Trinajstić information content (AvgIpc) is 2.48.